The minimum absolute atomic E-state index is 0.0222. The van der Waals surface area contributed by atoms with E-state index in [0.717, 1.165) is 11.9 Å². The first-order valence-electron chi connectivity index (χ1n) is 28.1. The molecule has 6 rings (SSSR count). The Hall–Kier alpha value is -8.92. The summed E-state index contributed by atoms with van der Waals surface area (Å²) in [5.74, 6) is -7.98. The number of para-hydroxylation sites is 1. The lowest BCUT2D eigenvalue weighted by molar-refractivity contribution is -0.137. The summed E-state index contributed by atoms with van der Waals surface area (Å²) in [7, 11) is 0. The largest absolute Gasteiger partial charge is 0.508 e. The van der Waals surface area contributed by atoms with E-state index in [1.54, 1.807) is 44.3 Å². The molecular weight excluding hydrogens is 1090 g/mol. The van der Waals surface area contributed by atoms with Crippen LogP contribution in [0.1, 0.15) is 89.5 Å². The molecule has 4 heterocycles. The molecule has 28 heteroatoms. The quantitative estimate of drug-likeness (QED) is 0.0146. The van der Waals surface area contributed by atoms with Crippen molar-refractivity contribution < 1.29 is 58.2 Å². The van der Waals surface area contributed by atoms with Gasteiger partial charge >= 0.3 is 0 Å². The average Bonchev–Trinajstić information content (AvgIpc) is 4.51. The molecule has 0 radical (unpaired) electrons. The molecule has 9 atom stereocenters. The molecule has 28 nitrogen and oxygen atoms in total. The Morgan fingerprint density at radius 1 is 0.726 bits per heavy atom. The number of likely N-dealkylation sites (tertiary alicyclic amines) is 1. The number of H-pyrrole nitrogens is 2. The number of phenolic OH excluding ortho intramolecular Hbond substituents is 1. The molecule has 2 aromatic heterocycles. The first-order chi connectivity index (χ1) is 40.1. The molecule has 0 unspecified atom stereocenters. The van der Waals surface area contributed by atoms with Crippen molar-refractivity contribution in [3.05, 3.63) is 84.1 Å². The molecule has 0 saturated carbocycles. The summed E-state index contributed by atoms with van der Waals surface area (Å²) in [4.78, 5) is 153. The van der Waals surface area contributed by atoms with E-state index in [4.69, 9.17) is 11.5 Å². The number of imide groups is 1. The van der Waals surface area contributed by atoms with Crippen molar-refractivity contribution in [3.63, 3.8) is 0 Å². The number of aromatic amines is 2. The molecule has 2 aliphatic rings. The van der Waals surface area contributed by atoms with E-state index in [1.165, 1.54) is 43.7 Å². The Bertz CT molecular complexity index is 2980. The number of rotatable bonds is 30. The Labute approximate surface area is 485 Å². The molecule has 10 amide bonds. The average molecular weight is 1170 g/mol. The molecule has 2 fully saturated rings. The van der Waals surface area contributed by atoms with Gasteiger partial charge in [0.2, 0.25) is 59.1 Å². The second-order valence-electron chi connectivity index (χ2n) is 21.4. The standard InChI is InChI=1S/C56H78N16O12/c1-5-72-21-9-13-45(72)55(84)71-49(78)38(12-8-20-60-56(57)58)65-51(80)40(22-30(2)3)66-47(76)31(4)63-50(79)41(23-32-14-16-35(74)17-15-32)67-54(83)44(28-73)70-52(81)42(24-33-26-61-37-11-7-6-10-36(33)37)68-53(82)43(25-34-27-59-29-62-34)69-48(77)39-18-19-46(75)64-39/h6-7,10-11,14-17,26-27,29-31,38-45,61,73-74H,5,8-9,12-13,18-25,28H2,1-4H3,(H,59,62)(H,63,79)(H,64,75)(H,65,80)(H,66,76)(H,67,83)(H,68,82)(H,69,77)(H,70,81)(H4,57,58,60)(H,71,78,84)/t31-,38-,39-,40-,41-,42-,43-,44-,45-/m0/s1. The van der Waals surface area contributed by atoms with Gasteiger partial charge in [-0.2, -0.15) is 0 Å². The number of aromatic nitrogens is 3. The normalized spacial score (nSPS) is 17.5. The summed E-state index contributed by atoms with van der Waals surface area (Å²) < 4.78 is 0. The van der Waals surface area contributed by atoms with E-state index in [0.29, 0.717) is 41.7 Å². The number of aromatic hydroxyl groups is 1. The van der Waals surface area contributed by atoms with Crippen molar-refractivity contribution in [2.45, 2.75) is 146 Å². The summed E-state index contributed by atoms with van der Waals surface area (Å²) >= 11 is 0. The number of hydrogen-bond acceptors (Lipinski definition) is 15. The first kappa shape index (κ1) is 64.3. The number of nitrogens with zero attached hydrogens (tertiary/aromatic N) is 3. The van der Waals surface area contributed by atoms with Crippen LogP contribution in [0.15, 0.2) is 72.2 Å². The van der Waals surface area contributed by atoms with Gasteiger partial charge < -0.3 is 74.2 Å². The van der Waals surface area contributed by atoms with Crippen molar-refractivity contribution in [3.8, 4) is 5.75 Å². The molecule has 4 aromatic rings. The smallest absolute Gasteiger partial charge is 0.249 e. The monoisotopic (exact) mass is 1170 g/mol. The molecule has 454 valence electrons. The van der Waals surface area contributed by atoms with E-state index >= 15 is 0 Å². The first-order valence-corrected chi connectivity index (χ1v) is 28.1. The Morgan fingerprint density at radius 2 is 1.36 bits per heavy atom. The minimum atomic E-state index is -1.75. The highest BCUT2D eigenvalue weighted by atomic mass is 16.3. The summed E-state index contributed by atoms with van der Waals surface area (Å²) in [5.41, 5.74) is 13.2. The fourth-order valence-electron chi connectivity index (χ4n) is 9.94. The van der Waals surface area contributed by atoms with Crippen LogP contribution in [0.25, 0.3) is 10.9 Å². The number of hydrogen-bond donors (Lipinski definition) is 15. The maximum atomic E-state index is 14.5. The van der Waals surface area contributed by atoms with E-state index in [2.05, 4.69) is 67.8 Å². The Kier molecular flexibility index (Phi) is 23.7. The van der Waals surface area contributed by atoms with E-state index in [-0.39, 0.29) is 81.4 Å². The molecular formula is C56H78N16O12. The number of amides is 10. The van der Waals surface area contributed by atoms with Crippen LogP contribution in [0, 0.1) is 5.92 Å². The Morgan fingerprint density at radius 3 is 2.00 bits per heavy atom. The van der Waals surface area contributed by atoms with Gasteiger partial charge in [-0.05, 0) is 93.8 Å². The van der Waals surface area contributed by atoms with Crippen LogP contribution in [-0.2, 0) is 67.2 Å². The van der Waals surface area contributed by atoms with E-state index < -0.39 is 114 Å². The van der Waals surface area contributed by atoms with Crippen LogP contribution in [0.3, 0.4) is 0 Å². The van der Waals surface area contributed by atoms with Gasteiger partial charge in [-0.15, -0.1) is 0 Å². The summed E-state index contributed by atoms with van der Waals surface area (Å²) in [6.45, 7) is 7.26. The number of aliphatic hydroxyl groups excluding tert-OH is 1. The maximum absolute atomic E-state index is 14.5. The van der Waals surface area contributed by atoms with Crippen molar-refractivity contribution in [1.29, 1.82) is 0 Å². The molecule has 2 aromatic carbocycles. The number of aliphatic hydroxyl groups is 1. The zero-order chi connectivity index (χ0) is 61.0. The number of fused-ring (bicyclic) bond motifs is 1. The third kappa shape index (κ3) is 18.8. The summed E-state index contributed by atoms with van der Waals surface area (Å²) in [6, 6.07) is 1.56. The number of nitrogens with one attached hydrogen (secondary N) is 11. The predicted octanol–water partition coefficient (Wildman–Crippen LogP) is -2.46. The van der Waals surface area contributed by atoms with Gasteiger partial charge in [0.05, 0.1) is 19.0 Å². The van der Waals surface area contributed by atoms with Gasteiger partial charge in [0, 0.05) is 61.2 Å². The molecule has 2 saturated heterocycles. The highest BCUT2D eigenvalue weighted by Gasteiger charge is 2.37. The van der Waals surface area contributed by atoms with Gasteiger partial charge in [-0.1, -0.05) is 51.1 Å². The molecule has 0 spiro atoms. The third-order valence-electron chi connectivity index (χ3n) is 14.5. The number of carbonyl (C=O) groups excluding carboxylic acids is 10. The minimum Gasteiger partial charge on any atom is -0.508 e. The van der Waals surface area contributed by atoms with Crippen molar-refractivity contribution in [2.24, 2.45) is 22.4 Å². The number of phenols is 1. The molecule has 0 aliphatic carbocycles. The zero-order valence-electron chi connectivity index (χ0n) is 47.5. The van der Waals surface area contributed by atoms with Crippen LogP contribution in [0.2, 0.25) is 0 Å². The van der Waals surface area contributed by atoms with Gasteiger partial charge in [-0.3, -0.25) is 63.2 Å². The predicted molar refractivity (Wildman–Crippen MR) is 306 cm³/mol. The van der Waals surface area contributed by atoms with Crippen molar-refractivity contribution >= 4 is 75.9 Å². The lowest BCUT2D eigenvalue weighted by Crippen LogP contribution is -2.61. The lowest BCUT2D eigenvalue weighted by atomic mass is 10.0. The fraction of sp³-hybridized carbons (Fsp3) is 0.500. The van der Waals surface area contributed by atoms with Crippen LogP contribution < -0.4 is 59.3 Å². The van der Waals surface area contributed by atoms with Crippen molar-refractivity contribution in [1.82, 2.24) is 67.7 Å². The summed E-state index contributed by atoms with van der Waals surface area (Å²) in [5, 5.41) is 44.8. The number of benzene rings is 2. The highest BCUT2D eigenvalue weighted by molar-refractivity contribution is 6.02. The van der Waals surface area contributed by atoms with Crippen LogP contribution in [0.4, 0.5) is 0 Å². The molecule has 84 heavy (non-hydrogen) atoms. The van der Waals surface area contributed by atoms with Gasteiger partial charge in [0.1, 0.15) is 54.1 Å². The van der Waals surface area contributed by atoms with Crippen LogP contribution in [0.5, 0.6) is 5.75 Å². The second kappa shape index (κ2) is 30.9. The van der Waals surface area contributed by atoms with Crippen LogP contribution >= 0.6 is 0 Å². The zero-order valence-corrected chi connectivity index (χ0v) is 47.5. The van der Waals surface area contributed by atoms with Crippen molar-refractivity contribution in [2.75, 3.05) is 26.2 Å². The lowest BCUT2D eigenvalue weighted by Gasteiger charge is -2.27. The highest BCUT2D eigenvalue weighted by Crippen LogP contribution is 2.21. The number of imidazole rings is 1. The fourth-order valence-corrected chi connectivity index (χ4v) is 9.94. The molecule has 2 aliphatic heterocycles. The van der Waals surface area contributed by atoms with Gasteiger partial charge in [-0.25, -0.2) is 4.98 Å². The van der Waals surface area contributed by atoms with E-state index in [9.17, 15) is 58.2 Å². The number of carbonyl (C=O) groups is 10. The van der Waals surface area contributed by atoms with Crippen LogP contribution in [-0.4, -0.2) is 176 Å². The number of likely N-dealkylation sites (N-methyl/N-ethyl adjacent to an activating group) is 1. The summed E-state index contributed by atoms with van der Waals surface area (Å²) in [6.07, 6.45) is 5.95. The second-order valence-corrected chi connectivity index (χ2v) is 21.4. The SMILES string of the molecule is CCN1CCC[C@H]1C(=O)NC(=O)[C@H](CCCN=C(N)N)NC(=O)[C@H](CC(C)C)NC(=O)[C@H](C)NC(=O)[C@H](Cc1ccc(O)cc1)NC(=O)[C@H](CO)NC(=O)[C@H](Cc1c[nH]c2ccccc12)NC(=O)[C@H](Cc1cnc[nH]1)NC(=O)[C@@H]1CCC(=O)N1. The molecule has 0 bridgehead atoms. The maximum Gasteiger partial charge on any atom is 0.249 e. The number of guanidine groups is 1. The van der Waals surface area contributed by atoms with E-state index in [1.807, 2.05) is 11.8 Å². The number of aliphatic imine (C=N–C) groups is 1. The molecule has 17 N–H and O–H groups in total. The van der Waals surface area contributed by atoms with Gasteiger partial charge in [0.15, 0.2) is 5.96 Å². The Balaban J connectivity index is 1.17. The van der Waals surface area contributed by atoms with Gasteiger partial charge in [0.25, 0.3) is 0 Å². The number of nitrogens with two attached hydrogens (primary N) is 2. The topological polar surface area (TPSA) is 432 Å². The third-order valence-corrected chi connectivity index (χ3v) is 14.5.